The summed E-state index contributed by atoms with van der Waals surface area (Å²) >= 11 is 2.64. The molecule has 10 heteroatoms. The van der Waals surface area contributed by atoms with Crippen LogP contribution in [0.3, 0.4) is 0 Å². The molecule has 8 nitrogen and oxygen atoms in total. The molecule has 0 fully saturated rings. The number of carbonyl (C=O) groups excluding carboxylic acids is 2. The van der Waals surface area contributed by atoms with Gasteiger partial charge in [-0.1, -0.05) is 25.6 Å². The zero-order valence-electron chi connectivity index (χ0n) is 13.7. The van der Waals surface area contributed by atoms with Crippen LogP contribution in [0.5, 0.6) is 0 Å². The topological polar surface area (TPSA) is 110 Å². The van der Waals surface area contributed by atoms with Crippen molar-refractivity contribution in [2.75, 3.05) is 12.3 Å². The van der Waals surface area contributed by atoms with E-state index in [0.717, 1.165) is 22.5 Å². The number of imide groups is 1. The van der Waals surface area contributed by atoms with Gasteiger partial charge in [0.15, 0.2) is 0 Å². The van der Waals surface area contributed by atoms with Crippen molar-refractivity contribution in [3.05, 3.63) is 22.0 Å². The van der Waals surface area contributed by atoms with Gasteiger partial charge in [-0.25, -0.2) is 9.78 Å². The Morgan fingerprint density at radius 2 is 2.17 bits per heavy atom. The number of thiazole rings is 1. The van der Waals surface area contributed by atoms with E-state index in [1.165, 1.54) is 0 Å². The smallest absolute Gasteiger partial charge is 0.321 e. The number of thioether (sulfide) groups is 1. The van der Waals surface area contributed by atoms with E-state index in [4.69, 9.17) is 4.42 Å². The number of nitrogens with zero attached hydrogens (tertiary/aromatic N) is 3. The van der Waals surface area contributed by atoms with Crippen LogP contribution in [-0.4, -0.2) is 39.4 Å². The number of amides is 3. The molecule has 0 unspecified atom stereocenters. The van der Waals surface area contributed by atoms with Gasteiger partial charge in [0.2, 0.25) is 11.8 Å². The molecule has 2 heterocycles. The summed E-state index contributed by atoms with van der Waals surface area (Å²) < 4.78 is 5.46. The maximum absolute atomic E-state index is 11.7. The van der Waals surface area contributed by atoms with E-state index in [-0.39, 0.29) is 11.0 Å². The minimum atomic E-state index is -0.501. The molecule has 0 aliphatic carbocycles. The fraction of sp³-hybridized carbons (Fsp3) is 0.500. The lowest BCUT2D eigenvalue weighted by atomic mass is 10.2. The number of urea groups is 1. The van der Waals surface area contributed by atoms with Crippen LogP contribution in [0.25, 0.3) is 0 Å². The summed E-state index contributed by atoms with van der Waals surface area (Å²) in [5, 5.41) is 15.9. The van der Waals surface area contributed by atoms with Gasteiger partial charge in [-0.05, 0) is 12.8 Å². The third kappa shape index (κ3) is 6.28. The first kappa shape index (κ1) is 18.4. The first-order valence-electron chi connectivity index (χ1n) is 7.36. The van der Waals surface area contributed by atoms with Crippen molar-refractivity contribution >= 4 is 35.0 Å². The fourth-order valence-corrected chi connectivity index (χ4v) is 2.84. The maximum Gasteiger partial charge on any atom is 0.321 e. The van der Waals surface area contributed by atoms with Gasteiger partial charge in [-0.3, -0.25) is 10.1 Å². The van der Waals surface area contributed by atoms with E-state index in [0.29, 0.717) is 24.8 Å². The third-order valence-electron chi connectivity index (χ3n) is 2.70. The summed E-state index contributed by atoms with van der Waals surface area (Å²) in [4.78, 5) is 27.5. The van der Waals surface area contributed by atoms with Crippen LogP contribution in [0, 0.1) is 12.8 Å². The first-order chi connectivity index (χ1) is 11.4. The minimum Gasteiger partial charge on any atom is -0.416 e. The standard InChI is InChI=1S/C14H19N5O3S2/c1-8(2)5-15-13(21)17-11(20)7-24-14-19-18-12(22-14)4-10-6-23-9(3)16-10/h6,8H,4-5,7H2,1-3H3,(H2,15,17,20,21). The van der Waals surface area contributed by atoms with Crippen LogP contribution in [0.1, 0.15) is 30.4 Å². The van der Waals surface area contributed by atoms with E-state index in [2.05, 4.69) is 25.8 Å². The first-order valence-corrected chi connectivity index (χ1v) is 9.22. The second-order valence-corrected chi connectivity index (χ2v) is 7.43. The molecule has 0 saturated carbocycles. The van der Waals surface area contributed by atoms with Gasteiger partial charge < -0.3 is 9.73 Å². The zero-order valence-corrected chi connectivity index (χ0v) is 15.3. The summed E-state index contributed by atoms with van der Waals surface area (Å²) in [6, 6.07) is -0.501. The summed E-state index contributed by atoms with van der Waals surface area (Å²) in [6.07, 6.45) is 0.460. The van der Waals surface area contributed by atoms with Gasteiger partial charge in [0.05, 0.1) is 22.9 Å². The Morgan fingerprint density at radius 1 is 1.38 bits per heavy atom. The summed E-state index contributed by atoms with van der Waals surface area (Å²) in [7, 11) is 0. The number of rotatable bonds is 7. The Hall–Kier alpha value is -1.94. The van der Waals surface area contributed by atoms with E-state index in [1.807, 2.05) is 26.2 Å². The van der Waals surface area contributed by atoms with Crippen molar-refractivity contribution in [1.82, 2.24) is 25.8 Å². The highest BCUT2D eigenvalue weighted by Crippen LogP contribution is 2.18. The Kier molecular flexibility index (Phi) is 6.73. The lowest BCUT2D eigenvalue weighted by molar-refractivity contribution is -0.117. The van der Waals surface area contributed by atoms with Crippen LogP contribution in [0.2, 0.25) is 0 Å². The number of aryl methyl sites for hydroxylation is 1. The Balaban J connectivity index is 1.74. The van der Waals surface area contributed by atoms with Gasteiger partial charge in [0, 0.05) is 11.9 Å². The number of hydrogen-bond acceptors (Lipinski definition) is 8. The molecule has 130 valence electrons. The van der Waals surface area contributed by atoms with Crippen molar-refractivity contribution in [2.24, 2.45) is 5.92 Å². The Bertz CT molecular complexity index is 698. The van der Waals surface area contributed by atoms with E-state index in [9.17, 15) is 9.59 Å². The summed E-state index contributed by atoms with van der Waals surface area (Å²) in [5.74, 6) is 0.361. The highest BCUT2D eigenvalue weighted by molar-refractivity contribution is 7.99. The predicted octanol–water partition coefficient (Wildman–Crippen LogP) is 2.00. The number of nitrogens with one attached hydrogen (secondary N) is 2. The van der Waals surface area contributed by atoms with Crippen molar-refractivity contribution in [3.8, 4) is 0 Å². The van der Waals surface area contributed by atoms with Crippen molar-refractivity contribution in [1.29, 1.82) is 0 Å². The molecule has 2 N–H and O–H groups in total. The summed E-state index contributed by atoms with van der Waals surface area (Å²) in [5.41, 5.74) is 0.872. The molecule has 2 aromatic rings. The Labute approximate surface area is 147 Å². The van der Waals surface area contributed by atoms with Gasteiger partial charge in [-0.2, -0.15) is 0 Å². The molecule has 2 aromatic heterocycles. The molecule has 3 amide bonds. The van der Waals surface area contributed by atoms with Crippen LogP contribution in [0.15, 0.2) is 15.0 Å². The van der Waals surface area contributed by atoms with Crippen LogP contribution >= 0.6 is 23.1 Å². The molecule has 0 spiro atoms. The quantitative estimate of drug-likeness (QED) is 0.718. The van der Waals surface area contributed by atoms with E-state index >= 15 is 0 Å². The average molecular weight is 369 g/mol. The predicted molar refractivity (Wildman–Crippen MR) is 91.1 cm³/mol. The second kappa shape index (κ2) is 8.78. The third-order valence-corrected chi connectivity index (χ3v) is 4.34. The minimum absolute atomic E-state index is 0.0204. The fourth-order valence-electron chi connectivity index (χ4n) is 1.64. The molecule has 2 rings (SSSR count). The lowest BCUT2D eigenvalue weighted by Crippen LogP contribution is -2.41. The van der Waals surface area contributed by atoms with Crippen molar-refractivity contribution in [2.45, 2.75) is 32.4 Å². The van der Waals surface area contributed by atoms with Gasteiger partial charge in [-0.15, -0.1) is 21.5 Å². The number of carbonyl (C=O) groups is 2. The average Bonchev–Trinajstić information content (AvgIpc) is 3.12. The van der Waals surface area contributed by atoms with Crippen LogP contribution < -0.4 is 10.6 Å². The largest absolute Gasteiger partial charge is 0.416 e. The molecular formula is C14H19N5O3S2. The lowest BCUT2D eigenvalue weighted by Gasteiger charge is -2.07. The highest BCUT2D eigenvalue weighted by Gasteiger charge is 2.13. The zero-order chi connectivity index (χ0) is 17.5. The highest BCUT2D eigenvalue weighted by atomic mass is 32.2. The van der Waals surface area contributed by atoms with Gasteiger partial charge in [0.1, 0.15) is 0 Å². The van der Waals surface area contributed by atoms with Gasteiger partial charge in [0.25, 0.3) is 5.22 Å². The molecular weight excluding hydrogens is 350 g/mol. The van der Waals surface area contributed by atoms with Gasteiger partial charge >= 0.3 is 6.03 Å². The Morgan fingerprint density at radius 3 is 2.83 bits per heavy atom. The molecule has 0 aromatic carbocycles. The molecule has 0 bridgehead atoms. The summed E-state index contributed by atoms with van der Waals surface area (Å²) in [6.45, 7) is 6.38. The van der Waals surface area contributed by atoms with Crippen molar-refractivity contribution in [3.63, 3.8) is 0 Å². The van der Waals surface area contributed by atoms with E-state index < -0.39 is 11.9 Å². The molecule has 0 aliphatic rings. The molecule has 0 radical (unpaired) electrons. The number of aromatic nitrogens is 3. The van der Waals surface area contributed by atoms with Crippen molar-refractivity contribution < 1.29 is 14.0 Å². The second-order valence-electron chi connectivity index (χ2n) is 5.44. The van der Waals surface area contributed by atoms with E-state index in [1.54, 1.807) is 11.3 Å². The molecule has 0 atom stereocenters. The monoisotopic (exact) mass is 369 g/mol. The SMILES string of the molecule is Cc1nc(Cc2nnc(SCC(=O)NC(=O)NCC(C)C)o2)cs1. The molecule has 0 saturated heterocycles. The van der Waals surface area contributed by atoms with Crippen LogP contribution in [-0.2, 0) is 11.2 Å². The molecule has 0 aliphatic heterocycles. The number of hydrogen-bond donors (Lipinski definition) is 2. The van der Waals surface area contributed by atoms with Crippen LogP contribution in [0.4, 0.5) is 4.79 Å². The normalized spacial score (nSPS) is 10.8. The molecule has 24 heavy (non-hydrogen) atoms. The maximum atomic E-state index is 11.7.